The van der Waals surface area contributed by atoms with E-state index in [9.17, 15) is 9.59 Å². The Hall–Kier alpha value is -3.71. The molecule has 4 aromatic rings. The van der Waals surface area contributed by atoms with E-state index in [0.29, 0.717) is 16.4 Å². The van der Waals surface area contributed by atoms with Crippen LogP contribution in [-0.4, -0.2) is 30.5 Å². The van der Waals surface area contributed by atoms with E-state index in [1.54, 1.807) is 31.4 Å². The molecule has 156 valence electrons. The summed E-state index contributed by atoms with van der Waals surface area (Å²) in [6.07, 6.45) is 0.135. The summed E-state index contributed by atoms with van der Waals surface area (Å²) in [5.41, 5.74) is 3.76. The largest absolute Gasteiger partial charge is 0.497 e. The molecule has 2 amide bonds. The van der Waals surface area contributed by atoms with E-state index in [1.807, 2.05) is 30.3 Å². The highest BCUT2D eigenvalue weighted by molar-refractivity contribution is 7.18. The number of amides is 2. The van der Waals surface area contributed by atoms with Crippen molar-refractivity contribution in [2.75, 3.05) is 19.0 Å². The molecule has 0 saturated heterocycles. The van der Waals surface area contributed by atoms with Gasteiger partial charge in [0.15, 0.2) is 0 Å². The molecule has 0 bridgehead atoms. The van der Waals surface area contributed by atoms with Gasteiger partial charge in [0.05, 0.1) is 30.3 Å². The van der Waals surface area contributed by atoms with Crippen molar-refractivity contribution in [3.63, 3.8) is 0 Å². The molecule has 6 nitrogen and oxygen atoms in total. The highest BCUT2D eigenvalue weighted by Crippen LogP contribution is 2.28. The molecule has 0 saturated carbocycles. The van der Waals surface area contributed by atoms with Gasteiger partial charge < -0.3 is 15.4 Å². The van der Waals surface area contributed by atoms with Crippen LogP contribution in [0.4, 0.5) is 5.69 Å². The van der Waals surface area contributed by atoms with Crippen LogP contribution in [0.3, 0.4) is 0 Å². The molecule has 1 aromatic heterocycles. The van der Waals surface area contributed by atoms with Gasteiger partial charge in [-0.2, -0.15) is 0 Å². The van der Waals surface area contributed by atoms with Crippen molar-refractivity contribution in [2.24, 2.45) is 0 Å². The summed E-state index contributed by atoms with van der Waals surface area (Å²) in [6, 6.07) is 23.2. The van der Waals surface area contributed by atoms with Gasteiger partial charge in [-0.1, -0.05) is 36.4 Å². The van der Waals surface area contributed by atoms with E-state index >= 15 is 0 Å². The summed E-state index contributed by atoms with van der Waals surface area (Å²) in [7, 11) is 1.58. The van der Waals surface area contributed by atoms with Crippen LogP contribution in [0, 0.1) is 0 Å². The lowest BCUT2D eigenvalue weighted by atomic mass is 10.1. The lowest BCUT2D eigenvalue weighted by Gasteiger charge is -2.07. The Morgan fingerprint density at radius 3 is 2.45 bits per heavy atom. The number of ether oxygens (including phenoxy) is 1. The number of methoxy groups -OCH3 is 1. The number of benzene rings is 3. The number of thiazole rings is 1. The number of nitrogens with zero attached hydrogens (tertiary/aromatic N) is 1. The predicted molar refractivity (Wildman–Crippen MR) is 123 cm³/mol. The number of rotatable bonds is 7. The summed E-state index contributed by atoms with van der Waals surface area (Å²) in [5, 5.41) is 6.10. The summed E-state index contributed by atoms with van der Waals surface area (Å²) in [6.45, 7) is -0.103. The maximum atomic E-state index is 12.3. The van der Waals surface area contributed by atoms with Crippen LogP contribution in [0.1, 0.15) is 5.01 Å². The molecule has 0 radical (unpaired) electrons. The van der Waals surface area contributed by atoms with E-state index in [1.165, 1.54) is 11.3 Å². The van der Waals surface area contributed by atoms with Crippen molar-refractivity contribution in [3.05, 3.63) is 77.8 Å². The highest BCUT2D eigenvalue weighted by Gasteiger charge is 2.11. The third-order valence-electron chi connectivity index (χ3n) is 4.67. The first-order valence-corrected chi connectivity index (χ1v) is 10.6. The fourth-order valence-electron chi connectivity index (χ4n) is 3.12. The molecule has 0 aliphatic carbocycles. The first-order valence-electron chi connectivity index (χ1n) is 9.76. The van der Waals surface area contributed by atoms with Crippen molar-refractivity contribution >= 4 is 39.1 Å². The standard InChI is InChI=1S/C24H21N3O3S/c1-30-19-10-8-18(9-11-19)26-23(29)15-25-22(28)14-24-27-20-12-7-17(13-21(20)31-24)16-5-3-2-4-6-16/h2-13H,14-15H2,1H3,(H,25,28)(H,26,29). The van der Waals surface area contributed by atoms with Crippen LogP contribution < -0.4 is 15.4 Å². The first-order chi connectivity index (χ1) is 15.1. The van der Waals surface area contributed by atoms with Gasteiger partial charge in [0.25, 0.3) is 0 Å². The van der Waals surface area contributed by atoms with Crippen LogP contribution in [0.2, 0.25) is 0 Å². The molecule has 3 aromatic carbocycles. The van der Waals surface area contributed by atoms with Crippen molar-refractivity contribution in [1.82, 2.24) is 10.3 Å². The van der Waals surface area contributed by atoms with Gasteiger partial charge in [-0.3, -0.25) is 9.59 Å². The fraction of sp³-hybridized carbons (Fsp3) is 0.125. The molecule has 0 fully saturated rings. The maximum absolute atomic E-state index is 12.3. The normalized spacial score (nSPS) is 10.6. The molecule has 7 heteroatoms. The number of nitrogens with one attached hydrogen (secondary N) is 2. The Morgan fingerprint density at radius 2 is 1.71 bits per heavy atom. The Bertz CT molecular complexity index is 1200. The number of hydrogen-bond acceptors (Lipinski definition) is 5. The van der Waals surface area contributed by atoms with Crippen LogP contribution in [0.5, 0.6) is 5.75 Å². The molecule has 0 aliphatic heterocycles. The molecule has 31 heavy (non-hydrogen) atoms. The van der Waals surface area contributed by atoms with Gasteiger partial charge in [0.2, 0.25) is 11.8 Å². The van der Waals surface area contributed by atoms with Crippen LogP contribution in [0.15, 0.2) is 72.8 Å². The van der Waals surface area contributed by atoms with Gasteiger partial charge in [-0.05, 0) is 47.5 Å². The minimum atomic E-state index is -0.296. The number of anilines is 1. The van der Waals surface area contributed by atoms with Gasteiger partial charge in [0, 0.05) is 5.69 Å². The Morgan fingerprint density at radius 1 is 0.935 bits per heavy atom. The summed E-state index contributed by atoms with van der Waals surface area (Å²) in [5.74, 6) is 0.167. The van der Waals surface area contributed by atoms with Crippen molar-refractivity contribution < 1.29 is 14.3 Å². The third-order valence-corrected chi connectivity index (χ3v) is 5.69. The summed E-state index contributed by atoms with van der Waals surface area (Å²) >= 11 is 1.49. The van der Waals surface area contributed by atoms with Gasteiger partial charge in [-0.25, -0.2) is 4.98 Å². The SMILES string of the molecule is COc1ccc(NC(=O)CNC(=O)Cc2nc3ccc(-c4ccccc4)cc3s2)cc1. The lowest BCUT2D eigenvalue weighted by molar-refractivity contribution is -0.123. The van der Waals surface area contributed by atoms with Crippen molar-refractivity contribution in [2.45, 2.75) is 6.42 Å². The van der Waals surface area contributed by atoms with E-state index in [-0.39, 0.29) is 24.8 Å². The second-order valence-electron chi connectivity index (χ2n) is 6.89. The molecule has 0 spiro atoms. The van der Waals surface area contributed by atoms with Crippen molar-refractivity contribution in [3.8, 4) is 16.9 Å². The molecular weight excluding hydrogens is 410 g/mol. The Labute approximate surface area is 183 Å². The van der Waals surface area contributed by atoms with Crippen LogP contribution >= 0.6 is 11.3 Å². The van der Waals surface area contributed by atoms with Crippen LogP contribution in [-0.2, 0) is 16.0 Å². The molecule has 1 heterocycles. The second kappa shape index (κ2) is 9.40. The van der Waals surface area contributed by atoms with Gasteiger partial charge in [-0.15, -0.1) is 11.3 Å². The minimum absolute atomic E-state index is 0.103. The first kappa shape index (κ1) is 20.6. The fourth-order valence-corrected chi connectivity index (χ4v) is 4.12. The predicted octanol–water partition coefficient (Wildman–Crippen LogP) is 4.27. The van der Waals surface area contributed by atoms with E-state index in [0.717, 1.165) is 21.3 Å². The van der Waals surface area contributed by atoms with Crippen LogP contribution in [0.25, 0.3) is 21.3 Å². The molecule has 2 N–H and O–H groups in total. The zero-order valence-corrected chi connectivity index (χ0v) is 17.7. The minimum Gasteiger partial charge on any atom is -0.497 e. The Kier molecular flexibility index (Phi) is 6.24. The Balaban J connectivity index is 1.33. The topological polar surface area (TPSA) is 80.3 Å². The average molecular weight is 432 g/mol. The molecule has 0 unspecified atom stereocenters. The number of carbonyl (C=O) groups excluding carboxylic acids is 2. The number of carbonyl (C=O) groups is 2. The monoisotopic (exact) mass is 431 g/mol. The molecule has 0 atom stereocenters. The molecular formula is C24H21N3O3S. The third kappa shape index (κ3) is 5.26. The second-order valence-corrected chi connectivity index (χ2v) is 8.00. The van der Waals surface area contributed by atoms with E-state index in [4.69, 9.17) is 4.74 Å². The molecule has 0 aliphatic rings. The quantitative estimate of drug-likeness (QED) is 0.458. The lowest BCUT2D eigenvalue weighted by Crippen LogP contribution is -2.33. The summed E-state index contributed by atoms with van der Waals surface area (Å²) < 4.78 is 6.11. The maximum Gasteiger partial charge on any atom is 0.243 e. The molecule has 4 rings (SSSR count). The van der Waals surface area contributed by atoms with Gasteiger partial charge >= 0.3 is 0 Å². The van der Waals surface area contributed by atoms with Gasteiger partial charge in [0.1, 0.15) is 10.8 Å². The summed E-state index contributed by atoms with van der Waals surface area (Å²) in [4.78, 5) is 28.9. The number of fused-ring (bicyclic) bond motifs is 1. The zero-order chi connectivity index (χ0) is 21.6. The zero-order valence-electron chi connectivity index (χ0n) is 16.9. The van der Waals surface area contributed by atoms with E-state index in [2.05, 4.69) is 33.8 Å². The van der Waals surface area contributed by atoms with E-state index < -0.39 is 0 Å². The van der Waals surface area contributed by atoms with Crippen molar-refractivity contribution in [1.29, 1.82) is 0 Å². The number of aromatic nitrogens is 1. The highest BCUT2D eigenvalue weighted by atomic mass is 32.1. The average Bonchev–Trinajstić information content (AvgIpc) is 3.20. The smallest absolute Gasteiger partial charge is 0.243 e. The number of hydrogen-bond donors (Lipinski definition) is 2.